The number of nitrogens with zero attached hydrogens (tertiary/aromatic N) is 2. The molecule has 0 bridgehead atoms. The molecule has 2 amide bonds. The minimum absolute atomic E-state index is 0.000930. The molecule has 0 spiro atoms. The number of amides is 2. The van der Waals surface area contributed by atoms with Crippen LogP contribution in [-0.4, -0.2) is 54.9 Å². The molecule has 0 radical (unpaired) electrons. The van der Waals surface area contributed by atoms with Gasteiger partial charge in [0.1, 0.15) is 12.4 Å². The van der Waals surface area contributed by atoms with Crippen molar-refractivity contribution in [3.05, 3.63) is 70.7 Å². The Labute approximate surface area is 186 Å². The van der Waals surface area contributed by atoms with Crippen LogP contribution in [0.1, 0.15) is 18.4 Å². The van der Waals surface area contributed by atoms with Crippen molar-refractivity contribution in [2.45, 2.75) is 12.8 Å². The predicted molar refractivity (Wildman–Crippen MR) is 122 cm³/mol. The highest BCUT2D eigenvalue weighted by Gasteiger charge is 2.28. The highest BCUT2D eigenvalue weighted by Crippen LogP contribution is 2.20. The van der Waals surface area contributed by atoms with E-state index in [1.807, 2.05) is 72.6 Å². The molecule has 158 valence electrons. The van der Waals surface area contributed by atoms with Gasteiger partial charge in [0, 0.05) is 36.6 Å². The molecule has 1 heterocycles. The molecular weight excluding hydrogens is 444 g/mol. The van der Waals surface area contributed by atoms with Crippen molar-refractivity contribution in [2.75, 3.05) is 33.3 Å². The van der Waals surface area contributed by atoms with Gasteiger partial charge in [0.05, 0.1) is 6.54 Å². The smallest absolute Gasteiger partial charge is 0.246 e. The predicted octanol–water partition coefficient (Wildman–Crippen LogP) is 4.24. The number of carbonyl (C=O) groups is 2. The molecule has 1 fully saturated rings. The average Bonchev–Trinajstić information content (AvgIpc) is 2.79. The van der Waals surface area contributed by atoms with Crippen molar-refractivity contribution in [3.8, 4) is 5.75 Å². The molecule has 0 N–H and O–H groups in total. The fraction of sp³-hybridized carbons (Fsp3) is 0.333. The number of ether oxygens (including phenoxy) is 1. The number of rotatable bonds is 7. The summed E-state index contributed by atoms with van der Waals surface area (Å²) in [6.07, 6.45) is 4.84. The minimum Gasteiger partial charge on any atom is -0.492 e. The van der Waals surface area contributed by atoms with Gasteiger partial charge >= 0.3 is 0 Å². The Bertz CT molecular complexity index is 860. The molecule has 0 aliphatic carbocycles. The summed E-state index contributed by atoms with van der Waals surface area (Å²) in [7, 11) is 1.81. The van der Waals surface area contributed by atoms with E-state index >= 15 is 0 Å². The van der Waals surface area contributed by atoms with Crippen LogP contribution in [0, 0.1) is 5.92 Å². The number of hydrogen-bond donors (Lipinski definition) is 0. The summed E-state index contributed by atoms with van der Waals surface area (Å²) >= 11 is 3.40. The Morgan fingerprint density at radius 1 is 1.10 bits per heavy atom. The lowest BCUT2D eigenvalue weighted by atomic mass is 9.95. The summed E-state index contributed by atoms with van der Waals surface area (Å²) in [5.74, 6) is 0.876. The number of likely N-dealkylation sites (N-methyl/N-ethyl adjacent to an activating group) is 1. The van der Waals surface area contributed by atoms with Crippen LogP contribution in [0.3, 0.4) is 0 Å². The number of likely N-dealkylation sites (tertiary alicyclic amines) is 1. The normalized spacial score (nSPS) is 14.7. The molecular formula is C24H27BrN2O3. The SMILES string of the molecule is CN(CCOc1ccc(Br)cc1)C(=O)C1CCN(C(=O)/C=C/c2ccccc2)CC1. The zero-order valence-electron chi connectivity index (χ0n) is 17.2. The molecule has 3 rings (SSSR count). The van der Waals surface area contributed by atoms with Gasteiger partial charge in [-0.05, 0) is 48.7 Å². The van der Waals surface area contributed by atoms with Gasteiger partial charge in [0.2, 0.25) is 11.8 Å². The van der Waals surface area contributed by atoms with Gasteiger partial charge in [-0.3, -0.25) is 9.59 Å². The molecule has 1 aliphatic rings. The third kappa shape index (κ3) is 6.46. The third-order valence-corrected chi connectivity index (χ3v) is 5.79. The van der Waals surface area contributed by atoms with Crippen molar-refractivity contribution in [3.63, 3.8) is 0 Å². The molecule has 30 heavy (non-hydrogen) atoms. The minimum atomic E-state index is -0.0372. The van der Waals surface area contributed by atoms with E-state index < -0.39 is 0 Å². The van der Waals surface area contributed by atoms with Crippen molar-refractivity contribution >= 4 is 33.8 Å². The third-order valence-electron chi connectivity index (χ3n) is 5.26. The van der Waals surface area contributed by atoms with Crippen LogP contribution in [0.2, 0.25) is 0 Å². The number of benzene rings is 2. The van der Waals surface area contributed by atoms with E-state index in [0.717, 1.165) is 15.8 Å². The van der Waals surface area contributed by atoms with Gasteiger partial charge in [-0.25, -0.2) is 0 Å². The van der Waals surface area contributed by atoms with Crippen LogP contribution < -0.4 is 4.74 Å². The van der Waals surface area contributed by atoms with E-state index in [9.17, 15) is 9.59 Å². The van der Waals surface area contributed by atoms with Crippen LogP contribution in [0.15, 0.2) is 65.1 Å². The standard InChI is InChI=1S/C24H27BrN2O3/c1-26(17-18-30-22-10-8-21(25)9-11-22)24(29)20-13-15-27(16-14-20)23(28)12-7-19-5-3-2-4-6-19/h2-12,20H,13-18H2,1H3/b12-7+. The highest BCUT2D eigenvalue weighted by molar-refractivity contribution is 9.10. The van der Waals surface area contributed by atoms with Crippen molar-refractivity contribution < 1.29 is 14.3 Å². The summed E-state index contributed by atoms with van der Waals surface area (Å²) in [4.78, 5) is 28.7. The first-order valence-electron chi connectivity index (χ1n) is 10.2. The summed E-state index contributed by atoms with van der Waals surface area (Å²) in [5.41, 5.74) is 1.00. The zero-order chi connectivity index (χ0) is 21.3. The second-order valence-corrected chi connectivity index (χ2v) is 8.32. The average molecular weight is 471 g/mol. The molecule has 0 unspecified atom stereocenters. The summed E-state index contributed by atoms with van der Waals surface area (Å²) in [6, 6.07) is 17.4. The van der Waals surface area contributed by atoms with Crippen LogP contribution >= 0.6 is 15.9 Å². The van der Waals surface area contributed by atoms with Crippen LogP contribution in [0.5, 0.6) is 5.75 Å². The summed E-state index contributed by atoms with van der Waals surface area (Å²) in [6.45, 7) is 2.20. The van der Waals surface area contributed by atoms with E-state index in [-0.39, 0.29) is 17.7 Å². The monoisotopic (exact) mass is 470 g/mol. The first-order chi connectivity index (χ1) is 14.5. The molecule has 2 aromatic rings. The maximum atomic E-state index is 12.7. The van der Waals surface area contributed by atoms with Gasteiger partial charge in [-0.1, -0.05) is 46.3 Å². The first kappa shape index (κ1) is 22.1. The fourth-order valence-corrected chi connectivity index (χ4v) is 3.70. The van der Waals surface area contributed by atoms with Gasteiger partial charge in [0.25, 0.3) is 0 Å². The highest BCUT2D eigenvalue weighted by atomic mass is 79.9. The van der Waals surface area contributed by atoms with Gasteiger partial charge in [0.15, 0.2) is 0 Å². The Balaban J connectivity index is 1.40. The van der Waals surface area contributed by atoms with Crippen LogP contribution in [0.4, 0.5) is 0 Å². The number of carbonyl (C=O) groups excluding carboxylic acids is 2. The van der Waals surface area contributed by atoms with Crippen LogP contribution in [-0.2, 0) is 9.59 Å². The van der Waals surface area contributed by atoms with E-state index in [4.69, 9.17) is 4.74 Å². The van der Waals surface area contributed by atoms with E-state index in [1.165, 1.54) is 0 Å². The summed E-state index contributed by atoms with van der Waals surface area (Å²) in [5, 5.41) is 0. The molecule has 0 saturated carbocycles. The van der Waals surface area contributed by atoms with Crippen molar-refractivity contribution in [1.82, 2.24) is 9.80 Å². The van der Waals surface area contributed by atoms with Crippen LogP contribution in [0.25, 0.3) is 6.08 Å². The number of hydrogen-bond acceptors (Lipinski definition) is 3. The quantitative estimate of drug-likeness (QED) is 0.568. The number of piperidine rings is 1. The van der Waals surface area contributed by atoms with E-state index in [2.05, 4.69) is 15.9 Å². The fourth-order valence-electron chi connectivity index (χ4n) is 3.44. The largest absolute Gasteiger partial charge is 0.492 e. The lowest BCUT2D eigenvalue weighted by Gasteiger charge is -2.32. The van der Waals surface area contributed by atoms with E-state index in [0.29, 0.717) is 39.1 Å². The van der Waals surface area contributed by atoms with E-state index in [1.54, 1.807) is 11.0 Å². The Morgan fingerprint density at radius 3 is 2.43 bits per heavy atom. The second-order valence-electron chi connectivity index (χ2n) is 7.41. The van der Waals surface area contributed by atoms with Gasteiger partial charge in [-0.2, -0.15) is 0 Å². The molecule has 2 aromatic carbocycles. The maximum Gasteiger partial charge on any atom is 0.246 e. The van der Waals surface area contributed by atoms with Gasteiger partial charge < -0.3 is 14.5 Å². The van der Waals surface area contributed by atoms with Crippen molar-refractivity contribution in [2.24, 2.45) is 5.92 Å². The summed E-state index contributed by atoms with van der Waals surface area (Å²) < 4.78 is 6.71. The molecule has 1 aliphatic heterocycles. The molecule has 5 nitrogen and oxygen atoms in total. The molecule has 0 atom stereocenters. The number of halogens is 1. The topological polar surface area (TPSA) is 49.9 Å². The first-order valence-corrected chi connectivity index (χ1v) is 11.0. The maximum absolute atomic E-state index is 12.7. The Hall–Kier alpha value is -2.60. The Morgan fingerprint density at radius 2 is 1.77 bits per heavy atom. The van der Waals surface area contributed by atoms with Crippen molar-refractivity contribution in [1.29, 1.82) is 0 Å². The molecule has 0 aromatic heterocycles. The Kier molecular flexibility index (Phi) is 8.08. The zero-order valence-corrected chi connectivity index (χ0v) is 18.8. The molecule has 6 heteroatoms. The lowest BCUT2D eigenvalue weighted by molar-refractivity contribution is -0.138. The molecule has 1 saturated heterocycles. The van der Waals surface area contributed by atoms with Gasteiger partial charge in [-0.15, -0.1) is 0 Å². The lowest BCUT2D eigenvalue weighted by Crippen LogP contribution is -2.43. The second kappa shape index (κ2) is 11.0.